The molecule has 4 amide bonds. The van der Waals surface area contributed by atoms with Crippen LogP contribution in [0.1, 0.15) is 30.3 Å². The lowest BCUT2D eigenvalue weighted by molar-refractivity contribution is -0.138. The number of benzene rings is 1. The van der Waals surface area contributed by atoms with Crippen molar-refractivity contribution >= 4 is 52.5 Å². The van der Waals surface area contributed by atoms with E-state index in [0.29, 0.717) is 0 Å². The van der Waals surface area contributed by atoms with Gasteiger partial charge in [0, 0.05) is 7.05 Å². The molecule has 6 atom stereocenters. The number of hydrogen-bond donors (Lipinski definition) is 1. The summed E-state index contributed by atoms with van der Waals surface area (Å²) in [6.45, 7) is -0.595. The smallest absolute Gasteiger partial charge is 0.258 e. The quantitative estimate of drug-likeness (QED) is 0.140. The zero-order valence-electron chi connectivity index (χ0n) is 20.7. The monoisotopic (exact) mass is 618 g/mol. The van der Waals surface area contributed by atoms with Crippen molar-refractivity contribution < 1.29 is 50.7 Å². The van der Waals surface area contributed by atoms with E-state index in [-0.39, 0.29) is 28.4 Å². The third-order valence-corrected chi connectivity index (χ3v) is 9.98. The summed E-state index contributed by atoms with van der Waals surface area (Å²) in [5, 5.41) is 9.55. The van der Waals surface area contributed by atoms with Crippen LogP contribution >= 0.6 is 23.2 Å². The third kappa shape index (κ3) is 3.25. The fourth-order valence-electron chi connectivity index (χ4n) is 6.67. The van der Waals surface area contributed by atoms with Crippen molar-refractivity contribution in [3.05, 3.63) is 64.4 Å². The second-order valence-electron chi connectivity index (χ2n) is 10.4. The van der Waals surface area contributed by atoms with E-state index in [1.165, 1.54) is 19.2 Å². The molecule has 6 rings (SSSR count). The average Bonchev–Trinajstić information content (AvgIpc) is 3.55. The number of anilines is 1. The molecule has 2 aliphatic carbocycles. The number of halogens is 7. The number of likely N-dealkylation sites (tertiary alicyclic amines) is 1. The molecule has 216 valence electrons. The highest BCUT2D eigenvalue weighted by Gasteiger charge is 2.77. The Morgan fingerprint density at radius 1 is 0.927 bits per heavy atom. The first-order chi connectivity index (χ1) is 19.2. The van der Waals surface area contributed by atoms with E-state index in [1.807, 2.05) is 0 Å². The second-order valence-corrected chi connectivity index (χ2v) is 11.6. The number of carbonyl (C=O) groups excluding carboxylic acids is 4. The van der Waals surface area contributed by atoms with Gasteiger partial charge in [0.25, 0.3) is 11.8 Å². The van der Waals surface area contributed by atoms with E-state index in [0.717, 1.165) is 4.90 Å². The summed E-state index contributed by atoms with van der Waals surface area (Å²) in [4.78, 5) is 49.2. The molecule has 0 spiro atoms. The lowest BCUT2D eigenvalue weighted by Gasteiger charge is -2.49. The molecule has 1 aromatic heterocycles. The van der Waals surface area contributed by atoms with Crippen molar-refractivity contribution in [1.29, 1.82) is 0 Å². The standard InChI is InChI=1S/C26H17Cl2F5N2O6/c1-34-21(37)10-4-3-9-11(13(10)22(34)38)6-25(27)23(39)35(20-18(32)16(30)15(29)17(31)19(20)33)24(40)26(25,28)14(9)12-5-2-8(7-36)41-12/h2-3,5,10-11,13-14,36H,4,6-7H2,1H3. The molecule has 0 radical (unpaired) electrons. The Hall–Kier alpha value is -3.29. The SMILES string of the molecule is CN1C(=O)C2CC=C3C(CC4(Cl)C(=O)N(c5c(F)c(F)c(F)c(F)c5F)C(=O)C4(Cl)C3c3ccc(CO)o3)C2C1=O. The van der Waals surface area contributed by atoms with E-state index >= 15 is 0 Å². The third-order valence-electron chi connectivity index (χ3n) is 8.56. The van der Waals surface area contributed by atoms with Gasteiger partial charge in [-0.05, 0) is 30.9 Å². The Kier molecular flexibility index (Phi) is 6.02. The molecule has 4 aliphatic rings. The van der Waals surface area contributed by atoms with Crippen LogP contribution in [0.25, 0.3) is 0 Å². The van der Waals surface area contributed by atoms with Crippen molar-refractivity contribution in [3.63, 3.8) is 0 Å². The fourth-order valence-corrected chi connectivity index (χ4v) is 7.59. The van der Waals surface area contributed by atoms with Crippen molar-refractivity contribution in [2.24, 2.45) is 17.8 Å². The van der Waals surface area contributed by atoms with Crippen molar-refractivity contribution in [3.8, 4) is 0 Å². The predicted octanol–water partition coefficient (Wildman–Crippen LogP) is 3.66. The summed E-state index contributed by atoms with van der Waals surface area (Å²) in [5.74, 6) is -21.1. The number of rotatable bonds is 3. The predicted molar refractivity (Wildman–Crippen MR) is 129 cm³/mol. The van der Waals surface area contributed by atoms with Crippen molar-refractivity contribution in [2.75, 3.05) is 11.9 Å². The molecule has 15 heteroatoms. The number of imide groups is 2. The minimum absolute atomic E-state index is 0.00269. The molecule has 0 bridgehead atoms. The summed E-state index contributed by atoms with van der Waals surface area (Å²) in [5.41, 5.74) is -1.60. The molecule has 2 aliphatic heterocycles. The van der Waals surface area contributed by atoms with E-state index in [9.17, 15) is 46.2 Å². The first kappa shape index (κ1) is 27.9. The highest BCUT2D eigenvalue weighted by Crippen LogP contribution is 2.66. The molecule has 41 heavy (non-hydrogen) atoms. The highest BCUT2D eigenvalue weighted by molar-refractivity contribution is 6.58. The summed E-state index contributed by atoms with van der Waals surface area (Å²) in [6.07, 6.45) is 0.973. The Bertz CT molecular complexity index is 1600. The van der Waals surface area contributed by atoms with Crippen LogP contribution in [0.4, 0.5) is 27.6 Å². The van der Waals surface area contributed by atoms with Gasteiger partial charge in [-0.15, -0.1) is 23.2 Å². The van der Waals surface area contributed by atoms with E-state index in [1.54, 1.807) is 6.08 Å². The van der Waals surface area contributed by atoms with Gasteiger partial charge in [0.1, 0.15) is 23.8 Å². The van der Waals surface area contributed by atoms with Crippen LogP contribution in [-0.2, 0) is 25.8 Å². The first-order valence-corrected chi connectivity index (χ1v) is 13.0. The lowest BCUT2D eigenvalue weighted by atomic mass is 9.57. The maximum absolute atomic E-state index is 14.9. The van der Waals surface area contributed by atoms with Crippen LogP contribution in [0, 0.1) is 46.8 Å². The summed E-state index contributed by atoms with van der Waals surface area (Å²) in [6, 6.07) is 2.63. The number of hydrogen-bond acceptors (Lipinski definition) is 6. The van der Waals surface area contributed by atoms with Crippen molar-refractivity contribution in [1.82, 2.24) is 4.90 Å². The molecule has 1 aromatic carbocycles. The summed E-state index contributed by atoms with van der Waals surface area (Å²) < 4.78 is 77.6. The van der Waals surface area contributed by atoms with Gasteiger partial charge in [-0.25, -0.2) is 26.9 Å². The molecule has 1 N–H and O–H groups in total. The zero-order chi connectivity index (χ0) is 29.9. The van der Waals surface area contributed by atoms with E-state index in [2.05, 4.69) is 0 Å². The van der Waals surface area contributed by atoms with Gasteiger partial charge in [-0.2, -0.15) is 0 Å². The van der Waals surface area contributed by atoms with Crippen LogP contribution in [-0.4, -0.2) is 50.4 Å². The van der Waals surface area contributed by atoms with Crippen LogP contribution in [0.5, 0.6) is 0 Å². The van der Waals surface area contributed by atoms with Crippen LogP contribution in [0.3, 0.4) is 0 Å². The highest BCUT2D eigenvalue weighted by atomic mass is 35.5. The van der Waals surface area contributed by atoms with Crippen LogP contribution in [0.2, 0.25) is 0 Å². The van der Waals surface area contributed by atoms with Gasteiger partial charge in [0.05, 0.1) is 17.8 Å². The largest absolute Gasteiger partial charge is 0.463 e. The van der Waals surface area contributed by atoms with Crippen LogP contribution in [0.15, 0.2) is 28.2 Å². The number of alkyl halides is 2. The van der Waals surface area contributed by atoms with Gasteiger partial charge >= 0.3 is 0 Å². The number of nitrogens with zero attached hydrogens (tertiary/aromatic N) is 2. The Balaban J connectivity index is 1.60. The molecule has 2 aromatic rings. The Morgan fingerprint density at radius 3 is 2.12 bits per heavy atom. The fraction of sp³-hybridized carbons (Fsp3) is 0.385. The molecule has 8 nitrogen and oxygen atoms in total. The second kappa shape index (κ2) is 8.85. The van der Waals surface area contributed by atoms with E-state index < -0.39 is 105 Å². The maximum Gasteiger partial charge on any atom is 0.258 e. The molecular weight excluding hydrogens is 602 g/mol. The van der Waals surface area contributed by atoms with Gasteiger partial charge in [0.15, 0.2) is 33.0 Å². The Morgan fingerprint density at radius 2 is 1.54 bits per heavy atom. The number of furan rings is 1. The molecule has 2 saturated heterocycles. The van der Waals surface area contributed by atoms with Crippen molar-refractivity contribution in [2.45, 2.75) is 35.1 Å². The van der Waals surface area contributed by atoms with Gasteiger partial charge in [-0.3, -0.25) is 24.1 Å². The number of fused-ring (bicyclic) bond motifs is 4. The maximum atomic E-state index is 14.9. The van der Waals surface area contributed by atoms with Gasteiger partial charge < -0.3 is 9.52 Å². The first-order valence-electron chi connectivity index (χ1n) is 12.2. The number of aliphatic hydroxyl groups is 1. The van der Waals surface area contributed by atoms with Crippen LogP contribution < -0.4 is 4.90 Å². The molecule has 3 fully saturated rings. The molecule has 1 saturated carbocycles. The summed E-state index contributed by atoms with van der Waals surface area (Å²) >= 11 is 13.8. The topological polar surface area (TPSA) is 108 Å². The molecular formula is C26H17Cl2F5N2O6. The zero-order valence-corrected chi connectivity index (χ0v) is 22.2. The number of carbonyl (C=O) groups is 4. The van der Waals surface area contributed by atoms with Gasteiger partial charge in [0.2, 0.25) is 17.6 Å². The number of amides is 4. The molecule has 3 heterocycles. The molecule has 6 unspecified atom stereocenters. The number of allylic oxidation sites excluding steroid dienone is 2. The minimum atomic E-state index is -2.66. The summed E-state index contributed by atoms with van der Waals surface area (Å²) in [7, 11) is 1.28. The van der Waals surface area contributed by atoms with Gasteiger partial charge in [-0.1, -0.05) is 11.6 Å². The average molecular weight is 619 g/mol. The number of aliphatic hydroxyl groups excluding tert-OH is 1. The normalized spacial score (nSPS) is 32.9. The lowest BCUT2D eigenvalue weighted by Crippen LogP contribution is -2.60. The van der Waals surface area contributed by atoms with E-state index in [4.69, 9.17) is 27.6 Å². The Labute approximate surface area is 237 Å². The minimum Gasteiger partial charge on any atom is -0.463 e.